The fourth-order valence-corrected chi connectivity index (χ4v) is 1.16. The third-order valence-corrected chi connectivity index (χ3v) is 1.98. The number of rotatable bonds is 6. The quantitative estimate of drug-likeness (QED) is 0.355. The van der Waals surface area contributed by atoms with Gasteiger partial charge in [0.2, 0.25) is 0 Å². The standard InChI is InChI=1S/C11H14N4O2/c12-15-14-8-4-7-13-11(16)17-9-10-5-2-1-3-6-10/h1-3,5-6H,4,7-9H2,(H,13,16). The van der Waals surface area contributed by atoms with Crippen LogP contribution in [0, 0.1) is 0 Å². The minimum absolute atomic E-state index is 0.253. The van der Waals surface area contributed by atoms with Gasteiger partial charge in [0.25, 0.3) is 0 Å². The molecule has 0 aliphatic heterocycles. The van der Waals surface area contributed by atoms with Crippen LogP contribution in [0.25, 0.3) is 10.4 Å². The molecule has 1 rings (SSSR count). The largest absolute Gasteiger partial charge is 0.445 e. The molecular formula is C11H14N4O2. The van der Waals surface area contributed by atoms with Gasteiger partial charge in [-0.2, -0.15) is 0 Å². The number of carbonyl (C=O) groups excluding carboxylic acids is 1. The normalized spacial score (nSPS) is 9.18. The number of nitrogens with one attached hydrogen (secondary N) is 1. The van der Waals surface area contributed by atoms with E-state index in [2.05, 4.69) is 15.3 Å². The summed E-state index contributed by atoms with van der Waals surface area (Å²) in [6.07, 6.45) is 0.139. The number of nitrogens with zero attached hydrogens (tertiary/aromatic N) is 3. The van der Waals surface area contributed by atoms with Crippen LogP contribution in [0.15, 0.2) is 35.4 Å². The zero-order chi connectivity index (χ0) is 12.3. The van der Waals surface area contributed by atoms with Crippen LogP contribution in [-0.4, -0.2) is 19.2 Å². The van der Waals surface area contributed by atoms with Gasteiger partial charge in [-0.15, -0.1) is 0 Å². The van der Waals surface area contributed by atoms with E-state index >= 15 is 0 Å². The van der Waals surface area contributed by atoms with Crippen molar-refractivity contribution in [3.63, 3.8) is 0 Å². The Morgan fingerprint density at radius 2 is 2.18 bits per heavy atom. The van der Waals surface area contributed by atoms with Crippen molar-refractivity contribution in [2.24, 2.45) is 5.11 Å². The van der Waals surface area contributed by atoms with E-state index in [1.165, 1.54) is 0 Å². The molecule has 0 saturated heterocycles. The topological polar surface area (TPSA) is 87.1 Å². The van der Waals surface area contributed by atoms with Gasteiger partial charge in [-0.25, -0.2) is 4.79 Å². The molecule has 0 radical (unpaired) electrons. The molecule has 17 heavy (non-hydrogen) atoms. The second kappa shape index (κ2) is 8.01. The van der Waals surface area contributed by atoms with Gasteiger partial charge in [-0.05, 0) is 17.5 Å². The van der Waals surface area contributed by atoms with Crippen LogP contribution in [0.5, 0.6) is 0 Å². The lowest BCUT2D eigenvalue weighted by Gasteiger charge is -2.06. The Labute approximate surface area is 99.2 Å². The third-order valence-electron chi connectivity index (χ3n) is 1.98. The fourth-order valence-electron chi connectivity index (χ4n) is 1.16. The monoisotopic (exact) mass is 234 g/mol. The first kappa shape index (κ1) is 12.9. The highest BCUT2D eigenvalue weighted by atomic mass is 16.5. The molecule has 90 valence electrons. The maximum Gasteiger partial charge on any atom is 0.407 e. The lowest BCUT2D eigenvalue weighted by Crippen LogP contribution is -2.25. The molecule has 1 aromatic rings. The van der Waals surface area contributed by atoms with Crippen molar-refractivity contribution in [2.45, 2.75) is 13.0 Å². The first-order chi connectivity index (χ1) is 8.33. The molecule has 1 amide bonds. The van der Waals surface area contributed by atoms with Gasteiger partial charge in [0.05, 0.1) is 0 Å². The first-order valence-electron chi connectivity index (χ1n) is 5.28. The number of alkyl carbamates (subject to hydrolysis) is 1. The highest BCUT2D eigenvalue weighted by Crippen LogP contribution is 2.00. The van der Waals surface area contributed by atoms with Crippen LogP contribution in [0.2, 0.25) is 0 Å². The Kier molecular flexibility index (Phi) is 6.06. The molecule has 0 saturated carbocycles. The summed E-state index contributed by atoms with van der Waals surface area (Å²) in [5.41, 5.74) is 8.97. The van der Waals surface area contributed by atoms with Crippen LogP contribution in [-0.2, 0) is 11.3 Å². The van der Waals surface area contributed by atoms with Gasteiger partial charge in [0.15, 0.2) is 0 Å². The predicted molar refractivity (Wildman–Crippen MR) is 63.3 cm³/mol. The Morgan fingerprint density at radius 1 is 1.41 bits per heavy atom. The van der Waals surface area contributed by atoms with E-state index < -0.39 is 6.09 Å². The van der Waals surface area contributed by atoms with Gasteiger partial charge in [0.1, 0.15) is 6.61 Å². The van der Waals surface area contributed by atoms with E-state index in [0.717, 1.165) is 5.56 Å². The van der Waals surface area contributed by atoms with Gasteiger partial charge >= 0.3 is 6.09 Å². The Hall–Kier alpha value is -2.20. The second-order valence-corrected chi connectivity index (χ2v) is 3.30. The average Bonchev–Trinajstić information content (AvgIpc) is 2.37. The Balaban J connectivity index is 2.11. The van der Waals surface area contributed by atoms with Crippen molar-refractivity contribution in [3.8, 4) is 0 Å². The second-order valence-electron chi connectivity index (χ2n) is 3.30. The van der Waals surface area contributed by atoms with Gasteiger partial charge in [0, 0.05) is 18.0 Å². The van der Waals surface area contributed by atoms with Crippen LogP contribution in [0.4, 0.5) is 4.79 Å². The Bertz CT molecular complexity index is 388. The molecule has 0 aliphatic rings. The summed E-state index contributed by atoms with van der Waals surface area (Å²) in [7, 11) is 0. The Morgan fingerprint density at radius 3 is 2.88 bits per heavy atom. The van der Waals surface area contributed by atoms with Crippen molar-refractivity contribution in [2.75, 3.05) is 13.1 Å². The lowest BCUT2D eigenvalue weighted by atomic mass is 10.2. The molecule has 1 N–H and O–H groups in total. The third kappa shape index (κ3) is 6.06. The molecule has 0 heterocycles. The molecule has 0 aliphatic carbocycles. The number of azide groups is 1. The summed E-state index contributed by atoms with van der Waals surface area (Å²) >= 11 is 0. The van der Waals surface area contributed by atoms with E-state index in [9.17, 15) is 4.79 Å². The van der Waals surface area contributed by atoms with Gasteiger partial charge in [-0.3, -0.25) is 0 Å². The molecule has 0 spiro atoms. The first-order valence-corrected chi connectivity index (χ1v) is 5.28. The molecule has 0 fully saturated rings. The zero-order valence-electron chi connectivity index (χ0n) is 9.37. The number of hydrogen-bond acceptors (Lipinski definition) is 3. The summed E-state index contributed by atoms with van der Waals surface area (Å²) in [4.78, 5) is 13.8. The number of hydrogen-bond donors (Lipinski definition) is 1. The number of benzene rings is 1. The predicted octanol–water partition coefficient (Wildman–Crippen LogP) is 2.61. The summed E-state index contributed by atoms with van der Waals surface area (Å²) in [5, 5.41) is 5.92. The molecule has 0 bridgehead atoms. The summed E-state index contributed by atoms with van der Waals surface area (Å²) < 4.78 is 4.98. The number of carbonyl (C=O) groups is 1. The van der Waals surface area contributed by atoms with Crippen LogP contribution in [0.1, 0.15) is 12.0 Å². The average molecular weight is 234 g/mol. The molecule has 6 heteroatoms. The molecule has 0 atom stereocenters. The molecule has 0 unspecified atom stereocenters. The van der Waals surface area contributed by atoms with Crippen LogP contribution in [0.3, 0.4) is 0 Å². The summed E-state index contributed by atoms with van der Waals surface area (Å²) in [6.45, 7) is 1.06. The highest BCUT2D eigenvalue weighted by Gasteiger charge is 2.00. The van der Waals surface area contributed by atoms with Gasteiger partial charge in [-0.1, -0.05) is 35.4 Å². The number of amides is 1. The van der Waals surface area contributed by atoms with Crippen molar-refractivity contribution in [1.29, 1.82) is 0 Å². The molecular weight excluding hydrogens is 220 g/mol. The maximum atomic E-state index is 11.2. The van der Waals surface area contributed by atoms with Crippen LogP contribution >= 0.6 is 0 Å². The van der Waals surface area contributed by atoms with E-state index in [-0.39, 0.29) is 6.61 Å². The van der Waals surface area contributed by atoms with E-state index in [1.54, 1.807) is 0 Å². The molecule has 1 aromatic carbocycles. The minimum Gasteiger partial charge on any atom is -0.445 e. The maximum absolute atomic E-state index is 11.2. The number of ether oxygens (including phenoxy) is 1. The van der Waals surface area contributed by atoms with Crippen molar-refractivity contribution >= 4 is 6.09 Å². The lowest BCUT2D eigenvalue weighted by molar-refractivity contribution is 0.139. The van der Waals surface area contributed by atoms with E-state index in [0.29, 0.717) is 19.5 Å². The van der Waals surface area contributed by atoms with Crippen molar-refractivity contribution in [3.05, 3.63) is 46.3 Å². The molecule has 0 aromatic heterocycles. The van der Waals surface area contributed by atoms with E-state index in [1.807, 2.05) is 30.3 Å². The zero-order valence-corrected chi connectivity index (χ0v) is 9.37. The summed E-state index contributed by atoms with van der Waals surface area (Å²) in [6, 6.07) is 9.44. The van der Waals surface area contributed by atoms with Crippen LogP contribution < -0.4 is 5.32 Å². The fraction of sp³-hybridized carbons (Fsp3) is 0.364. The minimum atomic E-state index is -0.463. The van der Waals surface area contributed by atoms with Crippen molar-refractivity contribution in [1.82, 2.24) is 5.32 Å². The summed E-state index contributed by atoms with van der Waals surface area (Å²) in [5.74, 6) is 0. The highest BCUT2D eigenvalue weighted by molar-refractivity contribution is 5.67. The van der Waals surface area contributed by atoms with Crippen molar-refractivity contribution < 1.29 is 9.53 Å². The van der Waals surface area contributed by atoms with Gasteiger partial charge < -0.3 is 10.1 Å². The van der Waals surface area contributed by atoms with E-state index in [4.69, 9.17) is 10.3 Å². The SMILES string of the molecule is [N-]=[N+]=NCCCNC(=O)OCc1ccccc1. The smallest absolute Gasteiger partial charge is 0.407 e. The molecule has 6 nitrogen and oxygen atoms in total.